The van der Waals surface area contributed by atoms with Crippen LogP contribution in [0.5, 0.6) is 0 Å². The summed E-state index contributed by atoms with van der Waals surface area (Å²) in [7, 11) is 0. The molecule has 1 N–H and O–H groups in total. The van der Waals surface area contributed by atoms with Gasteiger partial charge in [-0.2, -0.15) is 5.10 Å². The van der Waals surface area contributed by atoms with Gasteiger partial charge in [0.1, 0.15) is 5.52 Å². The Kier molecular flexibility index (Phi) is 3.83. The molecule has 0 bridgehead atoms. The number of rotatable bonds is 4. The second-order valence-corrected chi connectivity index (χ2v) is 5.37. The maximum atomic E-state index is 12.4. The maximum Gasteiger partial charge on any atom is 0.257 e. The zero-order valence-electron chi connectivity index (χ0n) is 13.1. The lowest BCUT2D eigenvalue weighted by Crippen LogP contribution is -2.12. The molecule has 0 fully saturated rings. The molecule has 0 aliphatic rings. The number of amides is 1. The minimum absolute atomic E-state index is 0.277. The molecule has 1 amide bonds. The Morgan fingerprint density at radius 2 is 2.00 bits per heavy atom. The largest absolute Gasteiger partial charge is 0.319 e. The molecule has 0 saturated carbocycles. The first kappa shape index (κ1) is 14.9. The van der Waals surface area contributed by atoms with Crippen molar-refractivity contribution in [3.8, 4) is 0 Å². The van der Waals surface area contributed by atoms with E-state index in [2.05, 4.69) is 30.4 Å². The summed E-state index contributed by atoms with van der Waals surface area (Å²) < 4.78 is 1.73. The van der Waals surface area contributed by atoms with Crippen molar-refractivity contribution in [3.05, 3.63) is 72.7 Å². The monoisotopic (exact) mass is 331 g/mol. The number of carbonyl (C=O) groups is 1. The summed E-state index contributed by atoms with van der Waals surface area (Å²) in [4.78, 5) is 28.8. The van der Waals surface area contributed by atoms with Gasteiger partial charge in [0.2, 0.25) is 0 Å². The molecule has 0 atom stereocenters. The van der Waals surface area contributed by atoms with Gasteiger partial charge >= 0.3 is 0 Å². The molecule has 8 nitrogen and oxygen atoms in total. The highest BCUT2D eigenvalue weighted by Gasteiger charge is 2.10. The van der Waals surface area contributed by atoms with Crippen molar-refractivity contribution in [1.82, 2.24) is 29.7 Å². The first-order chi connectivity index (χ1) is 12.3. The number of carbonyl (C=O) groups excluding carboxylic acids is 1. The van der Waals surface area contributed by atoms with E-state index in [1.54, 1.807) is 47.9 Å². The molecule has 0 aromatic carbocycles. The number of nitrogens with zero attached hydrogens (tertiary/aromatic N) is 6. The van der Waals surface area contributed by atoms with Gasteiger partial charge in [0.05, 0.1) is 24.0 Å². The Balaban J connectivity index is 1.48. The van der Waals surface area contributed by atoms with Gasteiger partial charge in [-0.3, -0.25) is 19.4 Å². The Morgan fingerprint density at radius 3 is 2.88 bits per heavy atom. The molecule has 0 radical (unpaired) electrons. The fraction of sp³-hybridized carbons (Fsp3) is 0.0588. The van der Waals surface area contributed by atoms with E-state index in [1.165, 1.54) is 6.20 Å². The van der Waals surface area contributed by atoms with Crippen molar-refractivity contribution in [1.29, 1.82) is 0 Å². The summed E-state index contributed by atoms with van der Waals surface area (Å²) in [6.07, 6.45) is 11.5. The average Bonchev–Trinajstić information content (AvgIpc) is 3.09. The van der Waals surface area contributed by atoms with Crippen molar-refractivity contribution in [2.45, 2.75) is 6.54 Å². The zero-order valence-corrected chi connectivity index (χ0v) is 13.1. The van der Waals surface area contributed by atoms with Gasteiger partial charge in [0, 0.05) is 37.2 Å². The Bertz CT molecular complexity index is 1030. The van der Waals surface area contributed by atoms with Crippen LogP contribution >= 0.6 is 0 Å². The normalized spacial score (nSPS) is 10.7. The van der Waals surface area contributed by atoms with E-state index < -0.39 is 0 Å². The number of nitrogens with one attached hydrogen (secondary N) is 1. The molecule has 4 aromatic heterocycles. The van der Waals surface area contributed by atoms with Crippen molar-refractivity contribution in [2.24, 2.45) is 0 Å². The molecule has 4 heterocycles. The summed E-state index contributed by atoms with van der Waals surface area (Å²) in [6, 6.07) is 5.50. The van der Waals surface area contributed by atoms with Gasteiger partial charge in [-0.1, -0.05) is 6.07 Å². The van der Waals surface area contributed by atoms with E-state index in [9.17, 15) is 4.79 Å². The van der Waals surface area contributed by atoms with Crippen molar-refractivity contribution in [3.63, 3.8) is 0 Å². The number of hydrogen-bond acceptors (Lipinski definition) is 6. The van der Waals surface area contributed by atoms with Crippen LogP contribution in [-0.2, 0) is 6.54 Å². The van der Waals surface area contributed by atoms with Crippen molar-refractivity contribution >= 4 is 22.8 Å². The van der Waals surface area contributed by atoms with E-state index in [4.69, 9.17) is 0 Å². The topological polar surface area (TPSA) is 98.5 Å². The third-order valence-corrected chi connectivity index (χ3v) is 3.55. The quantitative estimate of drug-likeness (QED) is 0.613. The molecule has 0 unspecified atom stereocenters. The van der Waals surface area contributed by atoms with Gasteiger partial charge in [-0.25, -0.2) is 9.97 Å². The molecule has 0 spiro atoms. The van der Waals surface area contributed by atoms with Crippen LogP contribution in [0, 0.1) is 0 Å². The molecule has 0 saturated heterocycles. The predicted octanol–water partition coefficient (Wildman–Crippen LogP) is 1.92. The van der Waals surface area contributed by atoms with Gasteiger partial charge in [-0.05, 0) is 17.7 Å². The minimum Gasteiger partial charge on any atom is -0.319 e. The molecule has 0 aliphatic carbocycles. The smallest absolute Gasteiger partial charge is 0.257 e. The zero-order chi connectivity index (χ0) is 17.1. The number of anilines is 1. The molecule has 0 aliphatic heterocycles. The number of fused-ring (bicyclic) bond motifs is 1. The summed E-state index contributed by atoms with van der Waals surface area (Å²) in [5.41, 5.74) is 3.12. The lowest BCUT2D eigenvalue weighted by Gasteiger charge is -2.03. The fourth-order valence-electron chi connectivity index (χ4n) is 2.38. The van der Waals surface area contributed by atoms with Gasteiger partial charge in [0.15, 0.2) is 5.65 Å². The van der Waals surface area contributed by atoms with Crippen LogP contribution in [0.15, 0.2) is 61.6 Å². The third kappa shape index (κ3) is 3.32. The second-order valence-electron chi connectivity index (χ2n) is 5.37. The van der Waals surface area contributed by atoms with Crippen LogP contribution in [0.1, 0.15) is 15.9 Å². The summed E-state index contributed by atoms with van der Waals surface area (Å²) >= 11 is 0. The minimum atomic E-state index is -0.277. The molecular weight excluding hydrogens is 318 g/mol. The van der Waals surface area contributed by atoms with Crippen LogP contribution in [0.3, 0.4) is 0 Å². The highest BCUT2D eigenvalue weighted by atomic mass is 16.1. The van der Waals surface area contributed by atoms with Crippen LogP contribution in [-0.4, -0.2) is 35.6 Å². The van der Waals surface area contributed by atoms with Crippen molar-refractivity contribution < 1.29 is 4.79 Å². The lowest BCUT2D eigenvalue weighted by molar-refractivity contribution is 0.102. The molecular formula is C17H13N7O. The summed E-state index contributed by atoms with van der Waals surface area (Å²) in [5.74, 6) is -0.277. The van der Waals surface area contributed by atoms with Crippen LogP contribution in [0.2, 0.25) is 0 Å². The SMILES string of the molecule is O=C(Nc1cnn(Cc2cccnc2)c1)c1cnc2nccnc2c1. The van der Waals surface area contributed by atoms with Gasteiger partial charge in [0.25, 0.3) is 5.91 Å². The lowest BCUT2D eigenvalue weighted by atomic mass is 10.2. The third-order valence-electron chi connectivity index (χ3n) is 3.55. The van der Waals surface area contributed by atoms with Crippen LogP contribution < -0.4 is 5.32 Å². The highest BCUT2D eigenvalue weighted by molar-refractivity contribution is 6.05. The predicted molar refractivity (Wildman–Crippen MR) is 90.9 cm³/mol. The van der Waals surface area contributed by atoms with E-state index in [0.29, 0.717) is 29.0 Å². The first-order valence-electron chi connectivity index (χ1n) is 7.57. The summed E-state index contributed by atoms with van der Waals surface area (Å²) in [5, 5.41) is 7.05. The average molecular weight is 331 g/mol. The van der Waals surface area contributed by atoms with Crippen molar-refractivity contribution in [2.75, 3.05) is 5.32 Å². The Morgan fingerprint density at radius 1 is 1.08 bits per heavy atom. The number of pyridine rings is 2. The molecule has 4 rings (SSSR count). The van der Waals surface area contributed by atoms with E-state index in [1.807, 2.05) is 12.1 Å². The molecule has 4 aromatic rings. The van der Waals surface area contributed by atoms with Gasteiger partial charge in [-0.15, -0.1) is 0 Å². The Labute approximate surface area is 142 Å². The number of hydrogen-bond donors (Lipinski definition) is 1. The Hall–Kier alpha value is -3.68. The van der Waals surface area contributed by atoms with E-state index >= 15 is 0 Å². The van der Waals surface area contributed by atoms with E-state index in [0.717, 1.165) is 5.56 Å². The van der Waals surface area contributed by atoms with Crippen LogP contribution in [0.4, 0.5) is 5.69 Å². The second kappa shape index (κ2) is 6.44. The molecule has 8 heteroatoms. The molecule has 25 heavy (non-hydrogen) atoms. The first-order valence-corrected chi connectivity index (χ1v) is 7.57. The van der Waals surface area contributed by atoms with E-state index in [-0.39, 0.29) is 5.91 Å². The molecule has 122 valence electrons. The summed E-state index contributed by atoms with van der Waals surface area (Å²) in [6.45, 7) is 0.580. The number of aromatic nitrogens is 6. The maximum absolute atomic E-state index is 12.4. The standard InChI is InChI=1S/C17H13N7O/c25-17(13-6-15-16(21-8-13)20-5-4-19-15)23-14-9-22-24(11-14)10-12-2-1-3-18-7-12/h1-9,11H,10H2,(H,23,25). The highest BCUT2D eigenvalue weighted by Crippen LogP contribution is 2.12. The fourth-order valence-corrected chi connectivity index (χ4v) is 2.38. The van der Waals surface area contributed by atoms with Crippen LogP contribution in [0.25, 0.3) is 11.2 Å². The van der Waals surface area contributed by atoms with Gasteiger partial charge < -0.3 is 5.32 Å².